The SMILES string of the molecule is COC(=O)c1cnc(N2CCCN(C3CC3)CC2)c([N+](=O)[O-])c1. The van der Waals surface area contributed by atoms with Crippen molar-refractivity contribution in [2.75, 3.05) is 38.2 Å². The number of rotatable bonds is 4. The number of hydrogen-bond donors (Lipinski definition) is 0. The summed E-state index contributed by atoms with van der Waals surface area (Å²) < 4.78 is 4.60. The van der Waals surface area contributed by atoms with E-state index in [0.29, 0.717) is 18.4 Å². The second-order valence-corrected chi connectivity index (χ2v) is 5.92. The zero-order valence-electron chi connectivity index (χ0n) is 13.1. The molecule has 1 aromatic rings. The highest BCUT2D eigenvalue weighted by atomic mass is 16.6. The van der Waals surface area contributed by atoms with E-state index in [1.54, 1.807) is 0 Å². The van der Waals surface area contributed by atoms with Crippen LogP contribution in [0.2, 0.25) is 0 Å². The normalized spacial score (nSPS) is 19.3. The van der Waals surface area contributed by atoms with Crippen molar-refractivity contribution < 1.29 is 14.5 Å². The molecule has 0 aromatic carbocycles. The summed E-state index contributed by atoms with van der Waals surface area (Å²) in [7, 11) is 1.24. The second-order valence-electron chi connectivity index (χ2n) is 5.92. The third kappa shape index (κ3) is 3.42. The van der Waals surface area contributed by atoms with Gasteiger partial charge in [-0.25, -0.2) is 9.78 Å². The number of carbonyl (C=O) groups excluding carboxylic acids is 1. The minimum absolute atomic E-state index is 0.0948. The molecule has 0 bridgehead atoms. The average Bonchev–Trinajstić information content (AvgIpc) is 3.39. The molecule has 0 radical (unpaired) electrons. The molecule has 2 fully saturated rings. The van der Waals surface area contributed by atoms with Gasteiger partial charge in [0.15, 0.2) is 0 Å². The zero-order valence-corrected chi connectivity index (χ0v) is 13.1. The van der Waals surface area contributed by atoms with Gasteiger partial charge in [-0.2, -0.15) is 0 Å². The van der Waals surface area contributed by atoms with Gasteiger partial charge in [-0.1, -0.05) is 0 Å². The first-order valence-corrected chi connectivity index (χ1v) is 7.82. The summed E-state index contributed by atoms with van der Waals surface area (Å²) in [6.45, 7) is 3.36. The lowest BCUT2D eigenvalue weighted by molar-refractivity contribution is -0.384. The van der Waals surface area contributed by atoms with Gasteiger partial charge in [-0.3, -0.25) is 15.0 Å². The van der Waals surface area contributed by atoms with Gasteiger partial charge < -0.3 is 9.64 Å². The molecule has 1 saturated carbocycles. The summed E-state index contributed by atoms with van der Waals surface area (Å²) in [5.74, 6) is -0.289. The van der Waals surface area contributed by atoms with E-state index in [1.807, 2.05) is 4.90 Å². The van der Waals surface area contributed by atoms with Crippen molar-refractivity contribution in [2.45, 2.75) is 25.3 Å². The molecule has 0 amide bonds. The monoisotopic (exact) mass is 320 g/mol. The molecule has 0 unspecified atom stereocenters. The molecule has 124 valence electrons. The first-order chi connectivity index (χ1) is 11.1. The fourth-order valence-electron chi connectivity index (χ4n) is 3.01. The maximum atomic E-state index is 11.6. The lowest BCUT2D eigenvalue weighted by atomic mass is 10.2. The van der Waals surface area contributed by atoms with Crippen molar-refractivity contribution in [1.82, 2.24) is 9.88 Å². The Balaban J connectivity index is 1.83. The Kier molecular flexibility index (Phi) is 4.42. The molecule has 8 nitrogen and oxygen atoms in total. The molecule has 8 heteroatoms. The smallest absolute Gasteiger partial charge is 0.339 e. The highest BCUT2D eigenvalue weighted by Gasteiger charge is 2.31. The van der Waals surface area contributed by atoms with Gasteiger partial charge in [0.1, 0.15) is 0 Å². The number of ether oxygens (including phenoxy) is 1. The number of carbonyl (C=O) groups is 1. The van der Waals surface area contributed by atoms with Crippen LogP contribution in [0, 0.1) is 10.1 Å². The van der Waals surface area contributed by atoms with E-state index < -0.39 is 10.9 Å². The van der Waals surface area contributed by atoms with Crippen LogP contribution in [0.3, 0.4) is 0 Å². The highest BCUT2D eigenvalue weighted by Crippen LogP contribution is 2.30. The van der Waals surface area contributed by atoms with Crippen LogP contribution in [-0.4, -0.2) is 60.1 Å². The lowest BCUT2D eigenvalue weighted by Gasteiger charge is -2.22. The molecule has 0 spiro atoms. The molecule has 1 aliphatic carbocycles. The van der Waals surface area contributed by atoms with Gasteiger partial charge in [-0.05, 0) is 19.3 Å². The quantitative estimate of drug-likeness (QED) is 0.471. The molecule has 0 N–H and O–H groups in total. The van der Waals surface area contributed by atoms with Crippen molar-refractivity contribution in [1.29, 1.82) is 0 Å². The Morgan fingerprint density at radius 3 is 2.78 bits per heavy atom. The van der Waals surface area contributed by atoms with Crippen LogP contribution in [0.4, 0.5) is 11.5 Å². The van der Waals surface area contributed by atoms with E-state index >= 15 is 0 Å². The van der Waals surface area contributed by atoms with Gasteiger partial charge in [-0.15, -0.1) is 0 Å². The average molecular weight is 320 g/mol. The van der Waals surface area contributed by atoms with E-state index in [0.717, 1.165) is 26.1 Å². The van der Waals surface area contributed by atoms with Crippen LogP contribution >= 0.6 is 0 Å². The van der Waals surface area contributed by atoms with Crippen LogP contribution in [0.1, 0.15) is 29.6 Å². The summed E-state index contributed by atoms with van der Waals surface area (Å²) in [6.07, 6.45) is 4.81. The van der Waals surface area contributed by atoms with Crippen LogP contribution in [0.15, 0.2) is 12.3 Å². The lowest BCUT2D eigenvalue weighted by Crippen LogP contribution is -2.32. The van der Waals surface area contributed by atoms with E-state index in [9.17, 15) is 14.9 Å². The molecular weight excluding hydrogens is 300 g/mol. The summed E-state index contributed by atoms with van der Waals surface area (Å²) in [4.78, 5) is 31.0. The molecule has 0 atom stereocenters. The summed E-state index contributed by atoms with van der Waals surface area (Å²) in [5.41, 5.74) is -0.0508. The number of hydrogen-bond acceptors (Lipinski definition) is 7. The molecule has 2 aliphatic rings. The Hall–Kier alpha value is -2.22. The van der Waals surface area contributed by atoms with Gasteiger partial charge in [0.05, 0.1) is 17.6 Å². The van der Waals surface area contributed by atoms with E-state index in [4.69, 9.17) is 0 Å². The number of nitro groups is 1. The minimum Gasteiger partial charge on any atom is -0.465 e. The molecule has 23 heavy (non-hydrogen) atoms. The number of aromatic nitrogens is 1. The van der Waals surface area contributed by atoms with Crippen molar-refractivity contribution in [2.24, 2.45) is 0 Å². The Bertz CT molecular complexity index is 617. The van der Waals surface area contributed by atoms with Crippen LogP contribution in [0.5, 0.6) is 0 Å². The molecule has 1 aliphatic heterocycles. The Morgan fingerprint density at radius 1 is 1.35 bits per heavy atom. The number of pyridine rings is 1. The van der Waals surface area contributed by atoms with Crippen LogP contribution in [0.25, 0.3) is 0 Å². The second kappa shape index (κ2) is 6.49. The molecule has 1 aromatic heterocycles. The zero-order chi connectivity index (χ0) is 16.4. The number of anilines is 1. The fraction of sp³-hybridized carbons (Fsp3) is 0.600. The number of esters is 1. The van der Waals surface area contributed by atoms with Gasteiger partial charge in [0.25, 0.3) is 0 Å². The predicted molar refractivity (Wildman–Crippen MR) is 83.7 cm³/mol. The fourth-order valence-corrected chi connectivity index (χ4v) is 3.01. The third-order valence-electron chi connectivity index (χ3n) is 4.36. The molecule has 2 heterocycles. The van der Waals surface area contributed by atoms with Crippen molar-refractivity contribution in [3.05, 3.63) is 27.9 Å². The Labute approximate surface area is 134 Å². The van der Waals surface area contributed by atoms with Gasteiger partial charge >= 0.3 is 11.7 Å². The largest absolute Gasteiger partial charge is 0.465 e. The van der Waals surface area contributed by atoms with Gasteiger partial charge in [0, 0.05) is 44.5 Å². The van der Waals surface area contributed by atoms with E-state index in [-0.39, 0.29) is 11.3 Å². The van der Waals surface area contributed by atoms with Crippen molar-refractivity contribution in [3.63, 3.8) is 0 Å². The molecular formula is C15H20N4O4. The standard InChI is InChI=1S/C15H20N4O4/c1-23-15(20)11-9-13(19(21)22)14(16-10-11)18-6-2-5-17(7-8-18)12-3-4-12/h9-10,12H,2-8H2,1H3. The van der Waals surface area contributed by atoms with E-state index in [2.05, 4.69) is 14.6 Å². The van der Waals surface area contributed by atoms with Crippen LogP contribution < -0.4 is 4.90 Å². The first kappa shape index (κ1) is 15.7. The number of nitrogens with zero attached hydrogens (tertiary/aromatic N) is 4. The third-order valence-corrected chi connectivity index (χ3v) is 4.36. The maximum Gasteiger partial charge on any atom is 0.339 e. The summed E-state index contributed by atoms with van der Waals surface area (Å²) in [6, 6.07) is 1.94. The highest BCUT2D eigenvalue weighted by molar-refractivity contribution is 5.90. The van der Waals surface area contributed by atoms with Crippen molar-refractivity contribution in [3.8, 4) is 0 Å². The summed E-state index contributed by atoms with van der Waals surface area (Å²) >= 11 is 0. The van der Waals surface area contributed by atoms with E-state index in [1.165, 1.54) is 32.2 Å². The number of methoxy groups -OCH3 is 1. The van der Waals surface area contributed by atoms with Crippen LogP contribution in [-0.2, 0) is 4.74 Å². The maximum absolute atomic E-state index is 11.6. The van der Waals surface area contributed by atoms with Crippen molar-refractivity contribution >= 4 is 17.5 Å². The predicted octanol–water partition coefficient (Wildman–Crippen LogP) is 1.45. The summed E-state index contributed by atoms with van der Waals surface area (Å²) in [5, 5.41) is 11.4. The molecule has 3 rings (SSSR count). The Morgan fingerprint density at radius 2 is 2.13 bits per heavy atom. The van der Waals surface area contributed by atoms with Gasteiger partial charge in [0.2, 0.25) is 5.82 Å². The molecule has 1 saturated heterocycles. The first-order valence-electron chi connectivity index (χ1n) is 7.82. The minimum atomic E-state index is -0.622. The topological polar surface area (TPSA) is 88.8 Å².